The molecule has 4 rings (SSSR count). The Labute approximate surface area is 154 Å². The Morgan fingerprint density at radius 1 is 1.32 bits per heavy atom. The number of rotatable bonds is 4. The van der Waals surface area contributed by atoms with Crippen LogP contribution in [0, 0.1) is 9.87 Å². The fourth-order valence-corrected chi connectivity index (χ4v) is 3.78. The van der Waals surface area contributed by atoms with Crippen molar-refractivity contribution >= 4 is 35.1 Å². The highest BCUT2D eigenvalue weighted by atomic mass is 32.1. The molecular formula is C16H18N4O3S2. The molecule has 1 amide bonds. The molecule has 0 aliphatic carbocycles. The second-order valence-corrected chi connectivity index (χ2v) is 7.57. The predicted molar refractivity (Wildman–Crippen MR) is 96.4 cm³/mol. The quantitative estimate of drug-likeness (QED) is 0.825. The van der Waals surface area contributed by atoms with Crippen molar-refractivity contribution in [3.8, 4) is 11.5 Å². The molecule has 2 aromatic rings. The highest BCUT2D eigenvalue weighted by Crippen LogP contribution is 2.34. The van der Waals surface area contributed by atoms with Gasteiger partial charge in [0, 0.05) is 30.8 Å². The fraction of sp³-hybridized carbons (Fsp3) is 0.438. The molecule has 1 N–H and O–H groups in total. The van der Waals surface area contributed by atoms with Gasteiger partial charge < -0.3 is 14.8 Å². The second kappa shape index (κ2) is 7.11. The molecule has 1 aromatic heterocycles. The van der Waals surface area contributed by atoms with E-state index in [1.807, 2.05) is 16.8 Å². The Morgan fingerprint density at radius 2 is 2.12 bits per heavy atom. The van der Waals surface area contributed by atoms with Gasteiger partial charge in [-0.25, -0.2) is 4.68 Å². The number of carbonyl (C=O) groups excluding carboxylic acids is 1. The maximum atomic E-state index is 12.5. The Kier molecular flexibility index (Phi) is 4.69. The lowest BCUT2D eigenvalue weighted by molar-refractivity contribution is -0.121. The number of carbonyl (C=O) groups is 1. The van der Waals surface area contributed by atoms with Crippen molar-refractivity contribution in [2.45, 2.75) is 19.5 Å². The molecule has 132 valence electrons. The normalized spacial score (nSPS) is 17.6. The van der Waals surface area contributed by atoms with E-state index in [1.54, 1.807) is 11.6 Å². The van der Waals surface area contributed by atoms with Crippen molar-refractivity contribution in [3.63, 3.8) is 0 Å². The van der Waals surface area contributed by atoms with E-state index in [9.17, 15) is 4.79 Å². The summed E-state index contributed by atoms with van der Waals surface area (Å²) >= 11 is 6.70. The third-order valence-electron chi connectivity index (χ3n) is 4.48. The number of benzene rings is 1. The van der Waals surface area contributed by atoms with E-state index in [4.69, 9.17) is 21.7 Å². The number of anilines is 1. The summed E-state index contributed by atoms with van der Waals surface area (Å²) in [6.45, 7) is 2.64. The summed E-state index contributed by atoms with van der Waals surface area (Å²) < 4.78 is 13.2. The number of nitrogens with one attached hydrogen (secondary N) is 1. The molecule has 1 fully saturated rings. The smallest absolute Gasteiger partial charge is 0.231 e. The van der Waals surface area contributed by atoms with Crippen LogP contribution >= 0.6 is 23.6 Å². The number of aromatic nitrogens is 2. The van der Waals surface area contributed by atoms with Gasteiger partial charge in [0.2, 0.25) is 12.7 Å². The van der Waals surface area contributed by atoms with E-state index < -0.39 is 0 Å². The number of hydrogen-bond donors (Lipinski definition) is 1. The van der Waals surface area contributed by atoms with Crippen LogP contribution in [0.5, 0.6) is 11.5 Å². The van der Waals surface area contributed by atoms with E-state index in [1.165, 1.54) is 11.3 Å². The highest BCUT2D eigenvalue weighted by Gasteiger charge is 2.25. The molecule has 0 unspecified atom stereocenters. The maximum absolute atomic E-state index is 12.5. The molecule has 2 aliphatic heterocycles. The molecule has 1 saturated heterocycles. The monoisotopic (exact) mass is 378 g/mol. The average molecular weight is 378 g/mol. The van der Waals surface area contributed by atoms with E-state index >= 15 is 0 Å². The summed E-state index contributed by atoms with van der Waals surface area (Å²) in [6.07, 6.45) is 1.65. The third-order valence-corrected chi connectivity index (χ3v) is 5.59. The first-order valence-electron chi connectivity index (χ1n) is 8.12. The molecule has 25 heavy (non-hydrogen) atoms. The van der Waals surface area contributed by atoms with Crippen molar-refractivity contribution in [1.29, 1.82) is 0 Å². The van der Waals surface area contributed by atoms with Crippen LogP contribution in [0.1, 0.15) is 12.8 Å². The molecule has 9 heteroatoms. The van der Waals surface area contributed by atoms with Gasteiger partial charge in [-0.3, -0.25) is 9.69 Å². The Morgan fingerprint density at radius 3 is 2.88 bits per heavy atom. The molecule has 0 saturated carbocycles. The van der Waals surface area contributed by atoms with Gasteiger partial charge in [0.1, 0.15) is 5.51 Å². The highest BCUT2D eigenvalue weighted by molar-refractivity contribution is 7.73. The molecule has 0 bridgehead atoms. The molecule has 0 atom stereocenters. The van der Waals surface area contributed by atoms with Gasteiger partial charge in [0.05, 0.1) is 6.67 Å². The molecule has 0 spiro atoms. The molecule has 7 nitrogen and oxygen atoms in total. The lowest BCUT2D eigenvalue weighted by atomic mass is 9.96. The first-order valence-corrected chi connectivity index (χ1v) is 9.41. The van der Waals surface area contributed by atoms with Gasteiger partial charge in [-0.2, -0.15) is 5.10 Å². The fourth-order valence-electron chi connectivity index (χ4n) is 3.07. The number of ether oxygens (including phenoxy) is 2. The molecular weight excluding hydrogens is 360 g/mol. The van der Waals surface area contributed by atoms with E-state index in [0.717, 1.165) is 35.6 Å². The molecule has 2 aliphatic rings. The Hall–Kier alpha value is -1.97. The standard InChI is InChI=1S/C16H18N4O3S2/c21-15(18-12-1-2-13-14(7-12)23-10-22-13)11-3-5-19(6-4-11)9-20-16(24)25-8-17-20/h1-2,7-8,11H,3-6,9-10H2,(H,18,21). The molecule has 1 aromatic carbocycles. The van der Waals surface area contributed by atoms with Crippen LogP contribution in [0.4, 0.5) is 5.69 Å². The van der Waals surface area contributed by atoms with Crippen molar-refractivity contribution in [1.82, 2.24) is 14.7 Å². The van der Waals surface area contributed by atoms with Gasteiger partial charge in [0.25, 0.3) is 0 Å². The largest absolute Gasteiger partial charge is 0.454 e. The minimum absolute atomic E-state index is 0.0186. The van der Waals surface area contributed by atoms with Crippen molar-refractivity contribution in [2.24, 2.45) is 5.92 Å². The van der Waals surface area contributed by atoms with Crippen LogP contribution in [0.25, 0.3) is 0 Å². The summed E-state index contributed by atoms with van der Waals surface area (Å²) in [5.74, 6) is 1.47. The van der Waals surface area contributed by atoms with Gasteiger partial charge in [0.15, 0.2) is 15.5 Å². The number of piperidine rings is 1. The summed E-state index contributed by atoms with van der Waals surface area (Å²) in [6, 6.07) is 5.46. The zero-order valence-corrected chi connectivity index (χ0v) is 15.1. The van der Waals surface area contributed by atoms with E-state index in [0.29, 0.717) is 18.2 Å². The zero-order chi connectivity index (χ0) is 17.2. The van der Waals surface area contributed by atoms with Crippen molar-refractivity contribution < 1.29 is 14.3 Å². The van der Waals surface area contributed by atoms with Crippen LogP contribution in [0.2, 0.25) is 0 Å². The van der Waals surface area contributed by atoms with E-state index in [-0.39, 0.29) is 18.6 Å². The summed E-state index contributed by atoms with van der Waals surface area (Å²) in [7, 11) is 0. The molecule has 0 radical (unpaired) electrons. The van der Waals surface area contributed by atoms with Crippen LogP contribution in [-0.4, -0.2) is 40.5 Å². The first-order chi connectivity index (χ1) is 12.2. The first kappa shape index (κ1) is 16.5. The number of fused-ring (bicyclic) bond motifs is 1. The topological polar surface area (TPSA) is 68.6 Å². The Balaban J connectivity index is 1.31. The lowest BCUT2D eigenvalue weighted by Gasteiger charge is -2.30. The van der Waals surface area contributed by atoms with Crippen LogP contribution in [-0.2, 0) is 11.5 Å². The number of nitrogens with zero attached hydrogens (tertiary/aromatic N) is 3. The SMILES string of the molecule is O=C(Nc1ccc2c(c1)OCO2)C1CCN(Cn2ncsc2=S)CC1. The number of hydrogen-bond acceptors (Lipinski definition) is 7. The van der Waals surface area contributed by atoms with Crippen molar-refractivity contribution in [2.75, 3.05) is 25.2 Å². The Bertz CT molecular complexity index is 827. The predicted octanol–water partition coefficient (Wildman–Crippen LogP) is 2.71. The zero-order valence-electron chi connectivity index (χ0n) is 13.5. The van der Waals surface area contributed by atoms with Gasteiger partial charge >= 0.3 is 0 Å². The van der Waals surface area contributed by atoms with Crippen LogP contribution in [0.15, 0.2) is 23.7 Å². The molecule has 3 heterocycles. The van der Waals surface area contributed by atoms with E-state index in [2.05, 4.69) is 15.3 Å². The minimum Gasteiger partial charge on any atom is -0.454 e. The lowest BCUT2D eigenvalue weighted by Crippen LogP contribution is -2.39. The summed E-state index contributed by atoms with van der Waals surface area (Å²) in [5, 5.41) is 7.22. The average Bonchev–Trinajstić information content (AvgIpc) is 3.24. The third kappa shape index (κ3) is 3.68. The number of amides is 1. The van der Waals surface area contributed by atoms with Gasteiger partial charge in [-0.15, -0.1) is 0 Å². The second-order valence-electron chi connectivity index (χ2n) is 6.10. The maximum Gasteiger partial charge on any atom is 0.231 e. The van der Waals surface area contributed by atoms with Gasteiger partial charge in [-0.05, 0) is 37.2 Å². The number of likely N-dealkylation sites (tertiary alicyclic amines) is 1. The summed E-state index contributed by atoms with van der Waals surface area (Å²) in [4.78, 5) is 14.8. The minimum atomic E-state index is 0.0186. The van der Waals surface area contributed by atoms with Crippen LogP contribution in [0.3, 0.4) is 0 Å². The van der Waals surface area contributed by atoms with Gasteiger partial charge in [-0.1, -0.05) is 11.3 Å². The van der Waals surface area contributed by atoms with Crippen molar-refractivity contribution in [3.05, 3.63) is 27.7 Å². The van der Waals surface area contributed by atoms with Crippen LogP contribution < -0.4 is 14.8 Å². The summed E-state index contributed by atoms with van der Waals surface area (Å²) in [5.41, 5.74) is 2.50.